The van der Waals surface area contributed by atoms with Gasteiger partial charge in [-0.25, -0.2) is 0 Å². The summed E-state index contributed by atoms with van der Waals surface area (Å²) in [6.07, 6.45) is 12.1. The molecule has 4 N–H and O–H groups in total. The third-order valence-electron chi connectivity index (χ3n) is 12.9. The van der Waals surface area contributed by atoms with Crippen molar-refractivity contribution < 1.29 is 14.6 Å². The molecule has 4 fully saturated rings. The lowest BCUT2D eigenvalue weighted by molar-refractivity contribution is -0.237. The predicted octanol–water partition coefficient (Wildman–Crippen LogP) is 6.32. The molecule has 0 aromatic heterocycles. The van der Waals surface area contributed by atoms with Crippen molar-refractivity contribution in [3.63, 3.8) is 0 Å². The molecule has 5 nitrogen and oxygen atoms in total. The number of esters is 1. The Labute approximate surface area is 233 Å². The average molecular weight is 533 g/mol. The van der Waals surface area contributed by atoms with Crippen LogP contribution < -0.4 is 11.1 Å². The van der Waals surface area contributed by atoms with Gasteiger partial charge < -0.3 is 20.9 Å². The van der Waals surface area contributed by atoms with E-state index in [1.54, 1.807) is 0 Å². The van der Waals surface area contributed by atoms with Gasteiger partial charge in [0.2, 0.25) is 0 Å². The Morgan fingerprint density at radius 1 is 1.05 bits per heavy atom. The van der Waals surface area contributed by atoms with Crippen LogP contribution in [0.4, 0.5) is 0 Å². The van der Waals surface area contributed by atoms with Gasteiger partial charge in [-0.1, -0.05) is 54.4 Å². The molecule has 0 aliphatic heterocycles. The van der Waals surface area contributed by atoms with Gasteiger partial charge >= 0.3 is 5.97 Å². The summed E-state index contributed by atoms with van der Waals surface area (Å²) in [7, 11) is 0. The van der Waals surface area contributed by atoms with Crippen LogP contribution in [-0.4, -0.2) is 41.9 Å². The van der Waals surface area contributed by atoms with E-state index in [4.69, 9.17) is 10.5 Å². The molecule has 220 valence electrons. The van der Waals surface area contributed by atoms with Crippen LogP contribution in [0, 0.1) is 52.3 Å². The van der Waals surface area contributed by atoms with Gasteiger partial charge in [0, 0.05) is 24.8 Å². The summed E-state index contributed by atoms with van der Waals surface area (Å²) in [5.41, 5.74) is 5.27. The number of aliphatic hydroxyl groups is 1. The van der Waals surface area contributed by atoms with E-state index in [0.29, 0.717) is 30.2 Å². The van der Waals surface area contributed by atoms with Gasteiger partial charge in [0.25, 0.3) is 0 Å². The monoisotopic (exact) mass is 532 g/mol. The van der Waals surface area contributed by atoms with Gasteiger partial charge in [-0.3, -0.25) is 4.79 Å². The number of ether oxygens (including phenoxy) is 1. The van der Waals surface area contributed by atoms with Crippen molar-refractivity contribution in [2.75, 3.05) is 13.1 Å². The molecule has 4 rings (SSSR count). The Kier molecular flexibility index (Phi) is 9.32. The number of carbonyl (C=O) groups excluding carboxylic acids is 1. The van der Waals surface area contributed by atoms with Crippen molar-refractivity contribution in [3.05, 3.63) is 0 Å². The predicted molar refractivity (Wildman–Crippen MR) is 155 cm³/mol. The van der Waals surface area contributed by atoms with Crippen LogP contribution in [-0.2, 0) is 9.53 Å². The minimum atomic E-state index is -0.854. The van der Waals surface area contributed by atoms with Crippen molar-refractivity contribution >= 4 is 5.97 Å². The van der Waals surface area contributed by atoms with Gasteiger partial charge in [0.05, 0.1) is 5.60 Å². The molecule has 0 aromatic rings. The second kappa shape index (κ2) is 11.7. The molecular formula is C33H60N2O3. The highest BCUT2D eigenvalue weighted by molar-refractivity contribution is 5.66. The first-order valence-corrected chi connectivity index (χ1v) is 16.2. The summed E-state index contributed by atoms with van der Waals surface area (Å²) in [4.78, 5) is 11.8. The van der Waals surface area contributed by atoms with Gasteiger partial charge in [-0.15, -0.1) is 0 Å². The highest BCUT2D eigenvalue weighted by atomic mass is 16.5. The summed E-state index contributed by atoms with van der Waals surface area (Å²) < 4.78 is 5.69. The number of rotatable bonds is 10. The highest BCUT2D eigenvalue weighted by Gasteiger charge is 2.67. The number of nitrogens with two attached hydrogens (primary N) is 1. The van der Waals surface area contributed by atoms with Crippen LogP contribution in [0.2, 0.25) is 0 Å². The maximum Gasteiger partial charge on any atom is 0.302 e. The molecule has 0 bridgehead atoms. The third-order valence-corrected chi connectivity index (χ3v) is 12.9. The first-order valence-electron chi connectivity index (χ1n) is 16.2. The van der Waals surface area contributed by atoms with Gasteiger partial charge in [0.15, 0.2) is 0 Å². The van der Waals surface area contributed by atoms with Crippen molar-refractivity contribution in [2.24, 2.45) is 58.0 Å². The third kappa shape index (κ3) is 5.34. The fraction of sp³-hybridized carbons (Fsp3) is 0.970. The summed E-state index contributed by atoms with van der Waals surface area (Å²) >= 11 is 0. The number of carbonyl (C=O) groups is 1. The molecule has 4 aliphatic rings. The quantitative estimate of drug-likeness (QED) is 0.227. The highest BCUT2D eigenvalue weighted by Crippen LogP contribution is 2.69. The average Bonchev–Trinajstić information content (AvgIpc) is 3.20. The number of hydrogen-bond donors (Lipinski definition) is 3. The van der Waals surface area contributed by atoms with Crippen molar-refractivity contribution in [1.29, 1.82) is 0 Å². The van der Waals surface area contributed by atoms with Gasteiger partial charge in [-0.05, 0) is 111 Å². The van der Waals surface area contributed by atoms with E-state index in [1.165, 1.54) is 45.4 Å². The van der Waals surface area contributed by atoms with Crippen LogP contribution in [0.25, 0.3) is 0 Å². The number of nitrogens with one attached hydrogen (secondary N) is 1. The Bertz CT molecular complexity index is 818. The normalized spacial score (nSPS) is 44.2. The van der Waals surface area contributed by atoms with E-state index in [-0.39, 0.29) is 23.5 Å². The lowest BCUT2D eigenvalue weighted by Crippen LogP contribution is -2.71. The molecule has 5 heteroatoms. The second-order valence-electron chi connectivity index (χ2n) is 15.1. The Morgan fingerprint density at radius 3 is 2.45 bits per heavy atom. The first kappa shape index (κ1) is 30.3. The van der Waals surface area contributed by atoms with E-state index < -0.39 is 5.60 Å². The van der Waals surface area contributed by atoms with Gasteiger partial charge in [0.1, 0.15) is 6.10 Å². The fourth-order valence-electron chi connectivity index (χ4n) is 10.3. The molecule has 0 heterocycles. The maximum absolute atomic E-state index is 12.6. The lowest BCUT2D eigenvalue weighted by Gasteiger charge is -2.66. The molecule has 0 spiro atoms. The zero-order valence-electron chi connectivity index (χ0n) is 25.7. The van der Waals surface area contributed by atoms with E-state index in [1.807, 2.05) is 0 Å². The SMILES string of the molecule is CC(=O)O[C@H]1CC[C@]2(C)[C@H]3CC[C@]4(C)[C@@H]([C@H](C)CC[C@@H](C)C(C)C)CC[C@H]4[C@@H]3C[C@@H](NCCCN)[C@@]2(O)C1. The summed E-state index contributed by atoms with van der Waals surface area (Å²) in [5.74, 6) is 4.91. The zero-order chi connectivity index (χ0) is 27.9. The number of fused-ring (bicyclic) bond motifs is 5. The van der Waals surface area contributed by atoms with Crippen LogP contribution in [0.5, 0.6) is 0 Å². The molecular weight excluding hydrogens is 472 g/mol. The standard InChI is InChI=1S/C33H60N2O3/c1-21(2)22(3)9-10-23(4)27-11-12-28-26-19-30(35-18-8-17-34)33(37)20-25(38-24(5)36)13-16-32(33,7)29(26)14-15-31(27,28)6/h21-23,25-30,35,37H,8-20,34H2,1-7H3/t22-,23-,25+,26+,27-,28+,29+,30-,31-,32-,33+/m1/s1. The molecule has 11 atom stereocenters. The topological polar surface area (TPSA) is 84.6 Å². The van der Waals surface area contributed by atoms with Crippen LogP contribution >= 0.6 is 0 Å². The summed E-state index contributed by atoms with van der Waals surface area (Å²) in [6.45, 7) is 17.7. The van der Waals surface area contributed by atoms with Crippen LogP contribution in [0.3, 0.4) is 0 Å². The Morgan fingerprint density at radius 2 is 1.79 bits per heavy atom. The minimum Gasteiger partial charge on any atom is -0.462 e. The van der Waals surface area contributed by atoms with Gasteiger partial charge in [-0.2, -0.15) is 0 Å². The molecule has 0 aromatic carbocycles. The van der Waals surface area contributed by atoms with Crippen LogP contribution in [0.15, 0.2) is 0 Å². The van der Waals surface area contributed by atoms with Crippen molar-refractivity contribution in [1.82, 2.24) is 5.32 Å². The zero-order valence-corrected chi connectivity index (χ0v) is 25.7. The molecule has 4 aliphatic carbocycles. The largest absolute Gasteiger partial charge is 0.462 e. The Hall–Kier alpha value is -0.650. The van der Waals surface area contributed by atoms with E-state index in [2.05, 4.69) is 46.9 Å². The molecule has 0 saturated heterocycles. The van der Waals surface area contributed by atoms with Crippen molar-refractivity contribution in [3.8, 4) is 0 Å². The Balaban J connectivity index is 1.56. The van der Waals surface area contributed by atoms with E-state index in [0.717, 1.165) is 61.8 Å². The summed E-state index contributed by atoms with van der Waals surface area (Å²) in [6, 6.07) is 0.0318. The van der Waals surface area contributed by atoms with E-state index in [9.17, 15) is 9.90 Å². The molecule has 0 amide bonds. The molecule has 0 radical (unpaired) electrons. The smallest absolute Gasteiger partial charge is 0.302 e. The summed E-state index contributed by atoms with van der Waals surface area (Å²) in [5, 5.41) is 16.4. The molecule has 0 unspecified atom stereocenters. The number of hydrogen-bond acceptors (Lipinski definition) is 5. The van der Waals surface area contributed by atoms with Crippen LogP contribution in [0.1, 0.15) is 119 Å². The second-order valence-corrected chi connectivity index (χ2v) is 15.1. The maximum atomic E-state index is 12.6. The molecule has 38 heavy (non-hydrogen) atoms. The minimum absolute atomic E-state index is 0.0318. The van der Waals surface area contributed by atoms with Crippen molar-refractivity contribution in [2.45, 2.75) is 137 Å². The first-order chi connectivity index (χ1) is 17.9. The van der Waals surface area contributed by atoms with E-state index >= 15 is 0 Å². The molecule has 4 saturated carbocycles. The lowest BCUT2D eigenvalue weighted by atomic mass is 9.42. The fourth-order valence-corrected chi connectivity index (χ4v) is 10.3.